The van der Waals surface area contributed by atoms with Crippen molar-refractivity contribution in [2.24, 2.45) is 0 Å². The maximum atomic E-state index is 13.0. The van der Waals surface area contributed by atoms with Crippen LogP contribution in [0.3, 0.4) is 0 Å². The van der Waals surface area contributed by atoms with Crippen molar-refractivity contribution in [1.82, 2.24) is 14.9 Å². The van der Waals surface area contributed by atoms with Gasteiger partial charge in [0.15, 0.2) is 15.7 Å². The third-order valence-electron chi connectivity index (χ3n) is 8.19. The van der Waals surface area contributed by atoms with Crippen molar-refractivity contribution in [3.05, 3.63) is 47.5 Å². The summed E-state index contributed by atoms with van der Waals surface area (Å²) in [5.41, 5.74) is 8.32. The topological polar surface area (TPSA) is 126 Å². The Morgan fingerprint density at radius 3 is 2.42 bits per heavy atom. The number of halogens is 1. The highest BCUT2D eigenvalue weighted by molar-refractivity contribution is 7.92. The molecule has 4 N–H and O–H groups in total. The number of hydrogen-bond donors (Lipinski definition) is 3. The van der Waals surface area contributed by atoms with Gasteiger partial charge in [0, 0.05) is 30.9 Å². The summed E-state index contributed by atoms with van der Waals surface area (Å²) in [6.07, 6.45) is 6.33. The Morgan fingerprint density at radius 2 is 1.72 bits per heavy atom. The third-order valence-corrected chi connectivity index (χ3v) is 10.8. The SMILES string of the molecule is CCOc1cc(N2CCC(N3CCCCC3)CC2)ccc1Nc1nc(N)c(Cl)c(Nc2ccccc2S(=O)(=O)C(C)C)n1. The van der Waals surface area contributed by atoms with Gasteiger partial charge in [0.1, 0.15) is 16.6 Å². The first-order chi connectivity index (χ1) is 20.7. The molecule has 0 spiro atoms. The summed E-state index contributed by atoms with van der Waals surface area (Å²) in [7, 11) is -3.56. The molecule has 5 rings (SSSR count). The quantitative estimate of drug-likeness (QED) is 0.238. The standard InChI is InChI=1S/C31H42ClN7O3S/c1-4-42-26-20-23(39-18-14-22(15-19-39)38-16-8-5-9-17-38)12-13-24(26)35-31-36-29(33)28(32)30(37-31)34-25-10-6-7-11-27(25)43(40,41)21(2)3/h6-7,10-13,20-22H,4-5,8-9,14-19H2,1-3H3,(H4,33,34,35,36,37). The fourth-order valence-electron chi connectivity index (χ4n) is 5.78. The first-order valence-electron chi connectivity index (χ1n) is 15.1. The second-order valence-electron chi connectivity index (χ2n) is 11.4. The molecule has 0 amide bonds. The number of rotatable bonds is 10. The van der Waals surface area contributed by atoms with Crippen molar-refractivity contribution in [3.8, 4) is 5.75 Å². The highest BCUT2D eigenvalue weighted by Gasteiger charge is 2.27. The van der Waals surface area contributed by atoms with E-state index in [0.29, 0.717) is 29.8 Å². The molecule has 0 aliphatic carbocycles. The number of benzene rings is 2. The summed E-state index contributed by atoms with van der Waals surface area (Å²) < 4.78 is 32.0. The van der Waals surface area contributed by atoms with Gasteiger partial charge < -0.3 is 30.9 Å². The molecule has 2 fully saturated rings. The minimum Gasteiger partial charge on any atom is -0.492 e. The van der Waals surface area contributed by atoms with Crippen molar-refractivity contribution in [3.63, 3.8) is 0 Å². The fourth-order valence-corrected chi connectivity index (χ4v) is 7.12. The van der Waals surface area contributed by atoms with E-state index >= 15 is 0 Å². The maximum Gasteiger partial charge on any atom is 0.231 e. The number of para-hydroxylation sites is 1. The Morgan fingerprint density at radius 1 is 1.00 bits per heavy atom. The summed E-state index contributed by atoms with van der Waals surface area (Å²) >= 11 is 6.47. The van der Waals surface area contributed by atoms with Crippen LogP contribution >= 0.6 is 11.6 Å². The number of hydrogen-bond acceptors (Lipinski definition) is 10. The van der Waals surface area contributed by atoms with Gasteiger partial charge in [-0.25, -0.2) is 8.42 Å². The lowest BCUT2D eigenvalue weighted by Crippen LogP contribution is -2.46. The van der Waals surface area contributed by atoms with E-state index in [0.717, 1.165) is 18.8 Å². The van der Waals surface area contributed by atoms with Crippen LogP contribution in [0.5, 0.6) is 5.75 Å². The Bertz CT molecular complexity index is 1520. The van der Waals surface area contributed by atoms with Crippen LogP contribution in [0.1, 0.15) is 52.9 Å². The maximum absolute atomic E-state index is 13.0. The smallest absolute Gasteiger partial charge is 0.231 e. The molecule has 2 saturated heterocycles. The van der Waals surface area contributed by atoms with Gasteiger partial charge in [0.05, 0.1) is 28.1 Å². The lowest BCUT2D eigenvalue weighted by molar-refractivity contribution is 0.141. The van der Waals surface area contributed by atoms with Crippen LogP contribution in [-0.2, 0) is 9.84 Å². The van der Waals surface area contributed by atoms with Crippen molar-refractivity contribution < 1.29 is 13.2 Å². The van der Waals surface area contributed by atoms with Crippen molar-refractivity contribution in [2.75, 3.05) is 54.1 Å². The van der Waals surface area contributed by atoms with Crippen LogP contribution in [-0.4, -0.2) is 67.4 Å². The molecule has 10 nitrogen and oxygen atoms in total. The first-order valence-corrected chi connectivity index (χ1v) is 17.1. The minimum absolute atomic E-state index is 0.0528. The largest absolute Gasteiger partial charge is 0.492 e. The average molecular weight is 628 g/mol. The molecule has 0 radical (unpaired) electrons. The number of likely N-dealkylation sites (tertiary alicyclic amines) is 1. The number of nitrogens with one attached hydrogen (secondary N) is 2. The molecule has 12 heteroatoms. The van der Waals surface area contributed by atoms with Crippen LogP contribution in [0.25, 0.3) is 0 Å². The number of piperidine rings is 2. The van der Waals surface area contributed by atoms with Gasteiger partial charge in [0.25, 0.3) is 0 Å². The first kappa shape index (κ1) is 31.2. The predicted molar refractivity (Wildman–Crippen MR) is 175 cm³/mol. The molecule has 0 saturated carbocycles. The van der Waals surface area contributed by atoms with Crippen LogP contribution in [0.4, 0.5) is 34.6 Å². The summed E-state index contributed by atoms with van der Waals surface area (Å²) in [4.78, 5) is 14.1. The van der Waals surface area contributed by atoms with Gasteiger partial charge in [-0.2, -0.15) is 9.97 Å². The highest BCUT2D eigenvalue weighted by Crippen LogP contribution is 2.36. The van der Waals surface area contributed by atoms with Crippen molar-refractivity contribution >= 4 is 56.1 Å². The minimum atomic E-state index is -3.56. The molecule has 1 aromatic heterocycles. The summed E-state index contributed by atoms with van der Waals surface area (Å²) in [5, 5.41) is 5.79. The molecule has 3 heterocycles. The number of nitrogens with two attached hydrogens (primary N) is 1. The van der Waals surface area contributed by atoms with Gasteiger partial charge in [-0.05, 0) is 83.8 Å². The van der Waals surface area contributed by atoms with Gasteiger partial charge in [-0.15, -0.1) is 0 Å². The average Bonchev–Trinajstić information content (AvgIpc) is 3.01. The zero-order valence-corrected chi connectivity index (χ0v) is 26.7. The van der Waals surface area contributed by atoms with Gasteiger partial charge in [0.2, 0.25) is 5.95 Å². The molecule has 2 aromatic carbocycles. The van der Waals surface area contributed by atoms with E-state index in [9.17, 15) is 8.42 Å². The third kappa shape index (κ3) is 7.11. The molecule has 2 aliphatic rings. The fraction of sp³-hybridized carbons (Fsp3) is 0.484. The molecule has 2 aliphatic heterocycles. The molecular formula is C31H42ClN7O3S. The number of nitrogens with zero attached hydrogens (tertiary/aromatic N) is 4. The van der Waals surface area contributed by atoms with E-state index < -0.39 is 15.1 Å². The van der Waals surface area contributed by atoms with Crippen molar-refractivity contribution in [1.29, 1.82) is 0 Å². The van der Waals surface area contributed by atoms with Crippen molar-refractivity contribution in [2.45, 2.75) is 69.1 Å². The molecule has 0 unspecified atom stereocenters. The molecule has 232 valence electrons. The molecule has 0 bridgehead atoms. The molecular weight excluding hydrogens is 586 g/mol. The summed E-state index contributed by atoms with van der Waals surface area (Å²) in [6.45, 7) is 10.2. The summed E-state index contributed by atoms with van der Waals surface area (Å²) in [5.74, 6) is 1.12. The Hall–Kier alpha value is -3.28. The number of aromatic nitrogens is 2. The van der Waals surface area contributed by atoms with E-state index in [4.69, 9.17) is 22.1 Å². The van der Waals surface area contributed by atoms with E-state index in [2.05, 4.69) is 42.5 Å². The number of ether oxygens (including phenoxy) is 1. The van der Waals surface area contributed by atoms with E-state index in [1.165, 1.54) is 45.2 Å². The number of anilines is 6. The lowest BCUT2D eigenvalue weighted by Gasteiger charge is -2.41. The van der Waals surface area contributed by atoms with Gasteiger partial charge in [-0.3, -0.25) is 0 Å². The number of nitrogen functional groups attached to an aromatic ring is 1. The lowest BCUT2D eigenvalue weighted by atomic mass is 9.99. The van der Waals surface area contributed by atoms with E-state index in [1.807, 2.05) is 13.0 Å². The van der Waals surface area contributed by atoms with Gasteiger partial charge >= 0.3 is 0 Å². The van der Waals surface area contributed by atoms with Crippen LogP contribution in [0.2, 0.25) is 5.02 Å². The number of sulfone groups is 1. The zero-order chi connectivity index (χ0) is 30.6. The Kier molecular flexibility index (Phi) is 9.83. The molecule has 43 heavy (non-hydrogen) atoms. The summed E-state index contributed by atoms with van der Waals surface area (Å²) in [6, 6.07) is 13.4. The van der Waals surface area contributed by atoms with Gasteiger partial charge in [-0.1, -0.05) is 30.2 Å². The second-order valence-corrected chi connectivity index (χ2v) is 14.2. The van der Waals surface area contributed by atoms with E-state index in [-0.39, 0.29) is 27.5 Å². The highest BCUT2D eigenvalue weighted by atomic mass is 35.5. The zero-order valence-electron chi connectivity index (χ0n) is 25.1. The Labute approximate surface area is 259 Å². The monoisotopic (exact) mass is 627 g/mol. The normalized spacial score (nSPS) is 16.8. The molecule has 3 aromatic rings. The Balaban J connectivity index is 1.35. The van der Waals surface area contributed by atoms with E-state index in [1.54, 1.807) is 38.1 Å². The van der Waals surface area contributed by atoms with Crippen LogP contribution in [0.15, 0.2) is 47.4 Å². The predicted octanol–water partition coefficient (Wildman–Crippen LogP) is 6.23. The molecule has 0 atom stereocenters. The van der Waals surface area contributed by atoms with Crippen LogP contribution < -0.4 is 26.0 Å². The van der Waals surface area contributed by atoms with Crippen LogP contribution in [0, 0.1) is 0 Å². The second kappa shape index (κ2) is 13.6.